The number of thiophene rings is 1. The van der Waals surface area contributed by atoms with Gasteiger partial charge in [0.25, 0.3) is 6.43 Å². The van der Waals surface area contributed by atoms with E-state index in [-0.39, 0.29) is 77.6 Å². The second-order valence-corrected chi connectivity index (χ2v) is 15.3. The summed E-state index contributed by atoms with van der Waals surface area (Å²) in [6, 6.07) is 0.942. The quantitative estimate of drug-likeness (QED) is 0.124. The summed E-state index contributed by atoms with van der Waals surface area (Å²) in [4.78, 5) is 16.8. The fraction of sp³-hybridized carbons (Fsp3) is 0.441. The molecule has 0 radical (unpaired) electrons. The van der Waals surface area contributed by atoms with Crippen molar-refractivity contribution in [2.75, 3.05) is 36.9 Å². The fourth-order valence-electron chi connectivity index (χ4n) is 8.87. The minimum atomic E-state index is -2.81. The second-order valence-electron chi connectivity index (χ2n) is 13.9. The zero-order chi connectivity index (χ0) is 33.3. The first-order chi connectivity index (χ1) is 23.0. The average Bonchev–Trinajstić information content (AvgIpc) is 3.61. The largest absolute Gasteiger partial charge is 0.489 e. The number of ether oxygens (including phenoxy) is 2. The lowest BCUT2D eigenvalue weighted by Gasteiger charge is -2.67. The predicted molar refractivity (Wildman–Crippen MR) is 177 cm³/mol. The molecule has 10 rings (SSSR count). The Labute approximate surface area is 281 Å². The zero-order valence-corrected chi connectivity index (χ0v) is 27.2. The van der Waals surface area contributed by atoms with E-state index in [9.17, 15) is 8.78 Å². The van der Waals surface area contributed by atoms with Crippen molar-refractivity contribution in [2.45, 2.75) is 62.1 Å². The number of hydrogen-bond acceptors (Lipinski definition) is 8. The summed E-state index contributed by atoms with van der Waals surface area (Å²) >= 11 is 7.86. The fourth-order valence-corrected chi connectivity index (χ4v) is 10.1. The molecule has 2 bridgehead atoms. The molecule has 5 heterocycles. The molecule has 2 atom stereocenters. The lowest BCUT2D eigenvalue weighted by atomic mass is 9.48. The van der Waals surface area contributed by atoms with Crippen molar-refractivity contribution >= 4 is 60.4 Å². The van der Waals surface area contributed by atoms with Crippen LogP contribution in [0.5, 0.6) is 11.8 Å². The highest BCUT2D eigenvalue weighted by atomic mass is 35.5. The molecule has 4 aromatic rings. The summed E-state index contributed by atoms with van der Waals surface area (Å²) < 4.78 is 74.6. The van der Waals surface area contributed by atoms with Gasteiger partial charge in [-0.25, -0.2) is 22.4 Å². The smallest absolute Gasteiger partial charge is 0.319 e. The average molecular weight is 697 g/mol. The molecule has 3 aliphatic heterocycles. The molecule has 0 spiro atoms. The van der Waals surface area contributed by atoms with Crippen molar-refractivity contribution in [3.8, 4) is 22.9 Å². The summed E-state index contributed by atoms with van der Waals surface area (Å²) in [5, 5.41) is 0.0267. The first-order valence-corrected chi connectivity index (χ1v) is 17.1. The van der Waals surface area contributed by atoms with E-state index in [0.717, 1.165) is 55.3 Å². The number of nitrogens with two attached hydrogens (primary N) is 1. The number of anilines is 2. The summed E-state index contributed by atoms with van der Waals surface area (Å²) in [6.45, 7) is 13.4. The van der Waals surface area contributed by atoms with Crippen LogP contribution < -0.4 is 20.1 Å². The SMILES string of the molecule is [C-]#[N+]c1c(N)sc2c(F)ccc(-c3c(Cl)c4c5c(nc(OC[C@@]67CCCN6CC(=C)C7)nc5c3F)N(C35CC(C3)C5)C(C(F)F)CO4)c12. The van der Waals surface area contributed by atoms with Gasteiger partial charge in [0.1, 0.15) is 36.4 Å². The Morgan fingerprint density at radius 1 is 1.23 bits per heavy atom. The zero-order valence-electron chi connectivity index (χ0n) is 25.6. The third kappa shape index (κ3) is 4.02. The van der Waals surface area contributed by atoms with Crippen molar-refractivity contribution in [3.05, 3.63) is 52.4 Å². The van der Waals surface area contributed by atoms with Crippen LogP contribution in [0, 0.1) is 24.1 Å². The molecule has 2 aromatic carbocycles. The highest BCUT2D eigenvalue weighted by molar-refractivity contribution is 7.23. The molecule has 2 saturated heterocycles. The number of halogens is 5. The van der Waals surface area contributed by atoms with Gasteiger partial charge in [0.2, 0.25) is 5.69 Å². The molecule has 5 fully saturated rings. The molecule has 2 N–H and O–H groups in total. The number of fused-ring (bicyclic) bond motifs is 2. The van der Waals surface area contributed by atoms with E-state index >= 15 is 8.78 Å². The number of rotatable bonds is 6. The van der Waals surface area contributed by atoms with Crippen molar-refractivity contribution in [3.63, 3.8) is 0 Å². The molecule has 0 amide bonds. The normalized spacial score (nSPS) is 27.5. The molecule has 6 aliphatic rings. The van der Waals surface area contributed by atoms with Crippen LogP contribution in [0.1, 0.15) is 38.5 Å². The monoisotopic (exact) mass is 696 g/mol. The van der Waals surface area contributed by atoms with Gasteiger partial charge in [-0.1, -0.05) is 29.8 Å². The first kappa shape index (κ1) is 30.2. The number of hydrogen-bond donors (Lipinski definition) is 1. The van der Waals surface area contributed by atoms with Crippen molar-refractivity contribution in [1.82, 2.24) is 14.9 Å². The summed E-state index contributed by atoms with van der Waals surface area (Å²) in [7, 11) is 0. The van der Waals surface area contributed by atoms with Crippen molar-refractivity contribution in [1.29, 1.82) is 0 Å². The Kier molecular flexibility index (Phi) is 6.50. The van der Waals surface area contributed by atoms with Gasteiger partial charge in [0.05, 0.1) is 32.2 Å². The van der Waals surface area contributed by atoms with E-state index in [1.807, 2.05) is 0 Å². The van der Waals surface area contributed by atoms with Gasteiger partial charge < -0.3 is 20.1 Å². The minimum absolute atomic E-state index is 0.0367. The Morgan fingerprint density at radius 2 is 2.02 bits per heavy atom. The van der Waals surface area contributed by atoms with Crippen LogP contribution in [0.2, 0.25) is 5.02 Å². The van der Waals surface area contributed by atoms with Gasteiger partial charge in [-0.15, -0.1) is 11.3 Å². The van der Waals surface area contributed by atoms with Gasteiger partial charge in [-0.2, -0.15) is 9.97 Å². The number of nitrogens with zero attached hydrogens (tertiary/aromatic N) is 5. The van der Waals surface area contributed by atoms with Crippen LogP contribution in [-0.4, -0.2) is 64.7 Å². The maximum Gasteiger partial charge on any atom is 0.319 e. The van der Waals surface area contributed by atoms with Crippen molar-refractivity contribution < 1.29 is 27.0 Å². The van der Waals surface area contributed by atoms with E-state index in [1.54, 1.807) is 4.90 Å². The molecule has 14 heteroatoms. The maximum absolute atomic E-state index is 17.2. The topological polar surface area (TPSA) is 81.1 Å². The molecule has 248 valence electrons. The molecule has 3 aliphatic carbocycles. The minimum Gasteiger partial charge on any atom is -0.489 e. The van der Waals surface area contributed by atoms with Gasteiger partial charge in [0.15, 0.2) is 11.6 Å². The Bertz CT molecular complexity index is 2120. The summed E-state index contributed by atoms with van der Waals surface area (Å²) in [5.41, 5.74) is 5.96. The molecular formula is C34H29ClF4N6O2S. The van der Waals surface area contributed by atoms with Crippen LogP contribution in [-0.2, 0) is 0 Å². The predicted octanol–water partition coefficient (Wildman–Crippen LogP) is 8.13. The second kappa shape index (κ2) is 10.3. The Balaban J connectivity index is 1.29. The molecule has 48 heavy (non-hydrogen) atoms. The standard InChI is InChI=1S/C34H29ClF4N6O2S/c1-15-8-33(6-3-7-44(33)12-15)14-47-32-42-25-22-27(46-13-19(29(38)39)45(31(22)43-32)34-9-16(10-34)11-34)23(35)20(24(25)37)17-4-5-18(36)28-21(17)26(41-2)30(40)48-28/h4-5,16,19,29H,1,3,6-14,40H2/t16?,19?,33-,34?/m0/s1. The maximum atomic E-state index is 17.2. The van der Waals surface area contributed by atoms with Gasteiger partial charge in [-0.3, -0.25) is 4.90 Å². The number of aromatic nitrogens is 2. The Morgan fingerprint density at radius 3 is 2.73 bits per heavy atom. The molecular weight excluding hydrogens is 668 g/mol. The Hall–Kier alpha value is -3.86. The third-order valence-corrected chi connectivity index (χ3v) is 12.5. The number of benzene rings is 2. The highest BCUT2D eigenvalue weighted by Crippen LogP contribution is 2.64. The van der Waals surface area contributed by atoms with E-state index in [2.05, 4.69) is 21.3 Å². The highest BCUT2D eigenvalue weighted by Gasteiger charge is 2.63. The van der Waals surface area contributed by atoms with Crippen LogP contribution >= 0.6 is 22.9 Å². The molecule has 2 aromatic heterocycles. The molecule has 1 unspecified atom stereocenters. The summed E-state index contributed by atoms with van der Waals surface area (Å²) in [5.74, 6) is -1.03. The van der Waals surface area contributed by atoms with E-state index in [0.29, 0.717) is 25.2 Å². The lowest BCUT2D eigenvalue weighted by Crippen LogP contribution is -2.72. The summed E-state index contributed by atoms with van der Waals surface area (Å²) in [6.07, 6.45) is 1.97. The van der Waals surface area contributed by atoms with Crippen LogP contribution in [0.4, 0.5) is 34.1 Å². The number of nitrogen functional groups attached to an aromatic ring is 1. The van der Waals surface area contributed by atoms with Gasteiger partial charge in [0, 0.05) is 23.0 Å². The number of alkyl halides is 2. The van der Waals surface area contributed by atoms with Gasteiger partial charge in [-0.05, 0) is 62.6 Å². The van der Waals surface area contributed by atoms with E-state index < -0.39 is 36.2 Å². The molecule has 8 nitrogen and oxygen atoms in total. The van der Waals surface area contributed by atoms with E-state index in [4.69, 9.17) is 38.4 Å². The van der Waals surface area contributed by atoms with Crippen LogP contribution in [0.3, 0.4) is 0 Å². The third-order valence-electron chi connectivity index (χ3n) is 11.1. The molecule has 3 saturated carbocycles. The van der Waals surface area contributed by atoms with Crippen LogP contribution in [0.15, 0.2) is 24.3 Å². The van der Waals surface area contributed by atoms with Crippen molar-refractivity contribution in [2.24, 2.45) is 5.92 Å². The lowest BCUT2D eigenvalue weighted by molar-refractivity contribution is -0.0490. The van der Waals surface area contributed by atoms with E-state index in [1.165, 1.54) is 6.07 Å². The van der Waals surface area contributed by atoms with Crippen LogP contribution in [0.25, 0.3) is 37.0 Å². The van der Waals surface area contributed by atoms with Gasteiger partial charge >= 0.3 is 6.01 Å². The first-order valence-electron chi connectivity index (χ1n) is 15.9.